The van der Waals surface area contributed by atoms with Crippen molar-refractivity contribution in [1.29, 1.82) is 0 Å². The SMILES string of the molecule is C=CCOC(=O)N(C)C/C=C/C1CC(S)CN1C(=O)OCC=C. The Bertz CT molecular complexity index is 467. The van der Waals surface area contributed by atoms with Crippen LogP contribution in [-0.4, -0.2) is 66.6 Å². The van der Waals surface area contributed by atoms with E-state index in [1.807, 2.05) is 12.2 Å². The van der Waals surface area contributed by atoms with Gasteiger partial charge in [-0.15, -0.1) is 0 Å². The van der Waals surface area contributed by atoms with Crippen molar-refractivity contribution in [3.8, 4) is 0 Å². The topological polar surface area (TPSA) is 59.1 Å². The number of amides is 2. The van der Waals surface area contributed by atoms with E-state index < -0.39 is 6.09 Å². The van der Waals surface area contributed by atoms with Gasteiger partial charge in [0.05, 0.1) is 6.04 Å². The first-order valence-electron chi connectivity index (χ1n) is 7.37. The van der Waals surface area contributed by atoms with Gasteiger partial charge in [0.2, 0.25) is 0 Å². The molecule has 7 heteroatoms. The lowest BCUT2D eigenvalue weighted by atomic mass is 10.2. The van der Waals surface area contributed by atoms with Crippen LogP contribution in [0.3, 0.4) is 0 Å². The number of hydrogen-bond acceptors (Lipinski definition) is 5. The minimum Gasteiger partial charge on any atom is -0.445 e. The van der Waals surface area contributed by atoms with Crippen molar-refractivity contribution < 1.29 is 19.1 Å². The molecule has 1 saturated heterocycles. The van der Waals surface area contributed by atoms with Gasteiger partial charge >= 0.3 is 12.2 Å². The predicted molar refractivity (Wildman–Crippen MR) is 92.7 cm³/mol. The third kappa shape index (κ3) is 6.40. The molecule has 0 aromatic carbocycles. The summed E-state index contributed by atoms with van der Waals surface area (Å²) in [5, 5.41) is 0.108. The Labute approximate surface area is 142 Å². The molecular weight excluding hydrogens is 316 g/mol. The third-order valence-electron chi connectivity index (χ3n) is 3.25. The number of carbonyl (C=O) groups is 2. The van der Waals surface area contributed by atoms with Gasteiger partial charge in [0.25, 0.3) is 0 Å². The van der Waals surface area contributed by atoms with Crippen molar-refractivity contribution in [2.45, 2.75) is 17.7 Å². The molecule has 0 N–H and O–H groups in total. The van der Waals surface area contributed by atoms with E-state index in [4.69, 9.17) is 9.47 Å². The number of ether oxygens (including phenoxy) is 2. The van der Waals surface area contributed by atoms with E-state index in [2.05, 4.69) is 25.8 Å². The van der Waals surface area contributed by atoms with Crippen LogP contribution in [0.25, 0.3) is 0 Å². The largest absolute Gasteiger partial charge is 0.445 e. The third-order valence-corrected chi connectivity index (χ3v) is 3.63. The van der Waals surface area contributed by atoms with Crippen molar-refractivity contribution in [2.24, 2.45) is 0 Å². The molecule has 0 aromatic heterocycles. The lowest BCUT2D eigenvalue weighted by molar-refractivity contribution is 0.113. The number of hydrogen-bond donors (Lipinski definition) is 1. The average molecular weight is 340 g/mol. The molecule has 128 valence electrons. The fourth-order valence-electron chi connectivity index (χ4n) is 2.14. The molecule has 2 amide bonds. The second kappa shape index (κ2) is 9.99. The lowest BCUT2D eigenvalue weighted by Gasteiger charge is -2.21. The van der Waals surface area contributed by atoms with Crippen molar-refractivity contribution in [3.63, 3.8) is 0 Å². The molecular formula is C16H24N2O4S. The van der Waals surface area contributed by atoms with Crippen LogP contribution in [0.15, 0.2) is 37.5 Å². The van der Waals surface area contributed by atoms with Crippen LogP contribution in [-0.2, 0) is 9.47 Å². The highest BCUT2D eigenvalue weighted by atomic mass is 32.1. The molecule has 6 nitrogen and oxygen atoms in total. The average Bonchev–Trinajstić information content (AvgIpc) is 2.90. The zero-order chi connectivity index (χ0) is 17.2. The van der Waals surface area contributed by atoms with E-state index in [0.717, 1.165) is 6.42 Å². The van der Waals surface area contributed by atoms with E-state index in [0.29, 0.717) is 13.1 Å². The zero-order valence-corrected chi connectivity index (χ0v) is 14.3. The molecule has 0 aromatic rings. The van der Waals surface area contributed by atoms with Gasteiger partial charge in [-0.2, -0.15) is 12.6 Å². The van der Waals surface area contributed by atoms with Gasteiger partial charge in [0.15, 0.2) is 0 Å². The Kier molecular flexibility index (Phi) is 8.32. The summed E-state index contributed by atoms with van der Waals surface area (Å²) in [6.07, 6.45) is 6.71. The van der Waals surface area contributed by atoms with Gasteiger partial charge in [-0.05, 0) is 6.42 Å². The Hall–Kier alpha value is -1.89. The summed E-state index contributed by atoms with van der Waals surface area (Å²) in [4.78, 5) is 26.6. The molecule has 0 bridgehead atoms. The number of likely N-dealkylation sites (N-methyl/N-ethyl adjacent to an activating group) is 1. The van der Waals surface area contributed by atoms with E-state index in [1.165, 1.54) is 17.1 Å². The second-order valence-electron chi connectivity index (χ2n) is 5.15. The molecule has 1 rings (SSSR count). The van der Waals surface area contributed by atoms with Gasteiger partial charge in [-0.25, -0.2) is 9.59 Å². The zero-order valence-electron chi connectivity index (χ0n) is 13.4. The highest BCUT2D eigenvalue weighted by molar-refractivity contribution is 7.81. The maximum absolute atomic E-state index is 12.0. The Morgan fingerprint density at radius 3 is 2.61 bits per heavy atom. The van der Waals surface area contributed by atoms with Gasteiger partial charge in [-0.1, -0.05) is 37.5 Å². The van der Waals surface area contributed by atoms with Crippen LogP contribution in [0, 0.1) is 0 Å². The van der Waals surface area contributed by atoms with E-state index in [1.54, 1.807) is 11.9 Å². The smallest absolute Gasteiger partial charge is 0.410 e. The molecule has 0 spiro atoms. The fourth-order valence-corrected chi connectivity index (χ4v) is 2.53. The fraction of sp³-hybridized carbons (Fsp3) is 0.500. The first-order valence-corrected chi connectivity index (χ1v) is 7.89. The van der Waals surface area contributed by atoms with Gasteiger partial charge in [0.1, 0.15) is 13.2 Å². The van der Waals surface area contributed by atoms with Crippen LogP contribution in [0.5, 0.6) is 0 Å². The summed E-state index contributed by atoms with van der Waals surface area (Å²) in [5.74, 6) is 0. The number of rotatable bonds is 7. The van der Waals surface area contributed by atoms with E-state index in [-0.39, 0.29) is 30.6 Å². The molecule has 2 unspecified atom stereocenters. The first-order chi connectivity index (χ1) is 11.0. The predicted octanol–water partition coefficient (Wildman–Crippen LogP) is 2.49. The van der Waals surface area contributed by atoms with Crippen molar-refractivity contribution in [3.05, 3.63) is 37.5 Å². The van der Waals surface area contributed by atoms with Crippen LogP contribution in [0.1, 0.15) is 6.42 Å². The van der Waals surface area contributed by atoms with Crippen molar-refractivity contribution in [1.82, 2.24) is 9.80 Å². The first kappa shape index (κ1) is 19.2. The monoisotopic (exact) mass is 340 g/mol. The number of likely N-dealkylation sites (tertiary alicyclic amines) is 1. The van der Waals surface area contributed by atoms with Gasteiger partial charge in [-0.3, -0.25) is 0 Å². The highest BCUT2D eigenvalue weighted by Crippen LogP contribution is 2.23. The van der Waals surface area contributed by atoms with Crippen molar-refractivity contribution in [2.75, 3.05) is 33.4 Å². The molecule has 1 fully saturated rings. The standard InChI is InChI=1S/C16H24N2O4S/c1-4-9-21-15(19)17(3)8-6-7-13-11-14(23)12-18(13)16(20)22-10-5-2/h4-7,13-14,23H,1-2,8-12H2,3H3/b7-6+. The molecule has 23 heavy (non-hydrogen) atoms. The van der Waals surface area contributed by atoms with Crippen LogP contribution in [0.4, 0.5) is 9.59 Å². The molecule has 1 aliphatic heterocycles. The summed E-state index contributed by atoms with van der Waals surface area (Å²) >= 11 is 4.43. The minimum absolute atomic E-state index is 0.0904. The summed E-state index contributed by atoms with van der Waals surface area (Å²) in [6, 6.07) is -0.0904. The van der Waals surface area contributed by atoms with Crippen molar-refractivity contribution >= 4 is 24.8 Å². The van der Waals surface area contributed by atoms with E-state index >= 15 is 0 Å². The summed E-state index contributed by atoms with van der Waals surface area (Å²) in [6.45, 7) is 8.29. The summed E-state index contributed by atoms with van der Waals surface area (Å²) < 4.78 is 10.00. The van der Waals surface area contributed by atoms with Gasteiger partial charge in [0, 0.05) is 25.4 Å². The Balaban J connectivity index is 2.52. The number of thiol groups is 1. The quantitative estimate of drug-likeness (QED) is 0.571. The maximum atomic E-state index is 12.0. The van der Waals surface area contributed by atoms with Crippen LogP contribution >= 0.6 is 12.6 Å². The molecule has 2 atom stereocenters. The molecule has 1 heterocycles. The van der Waals surface area contributed by atoms with Crippen LogP contribution in [0.2, 0.25) is 0 Å². The maximum Gasteiger partial charge on any atom is 0.410 e. The molecule has 0 saturated carbocycles. The molecule has 0 aliphatic carbocycles. The lowest BCUT2D eigenvalue weighted by Crippen LogP contribution is -2.35. The number of nitrogens with zero attached hydrogens (tertiary/aromatic N) is 2. The second-order valence-corrected chi connectivity index (χ2v) is 5.88. The van der Waals surface area contributed by atoms with Crippen LogP contribution < -0.4 is 0 Å². The number of carbonyl (C=O) groups excluding carboxylic acids is 2. The Morgan fingerprint density at radius 1 is 1.30 bits per heavy atom. The normalized spacial score (nSPS) is 20.3. The minimum atomic E-state index is -0.421. The summed E-state index contributed by atoms with van der Waals surface area (Å²) in [5.41, 5.74) is 0. The highest BCUT2D eigenvalue weighted by Gasteiger charge is 2.32. The van der Waals surface area contributed by atoms with E-state index in [9.17, 15) is 9.59 Å². The molecule has 0 radical (unpaired) electrons. The molecule has 1 aliphatic rings. The summed E-state index contributed by atoms with van der Waals surface area (Å²) in [7, 11) is 1.64. The Morgan fingerprint density at radius 2 is 1.96 bits per heavy atom. The van der Waals surface area contributed by atoms with Gasteiger partial charge < -0.3 is 19.3 Å².